The van der Waals surface area contributed by atoms with Gasteiger partial charge in [0.05, 0.1) is 40.3 Å². The van der Waals surface area contributed by atoms with Crippen molar-refractivity contribution < 1.29 is 42.9 Å². The van der Waals surface area contributed by atoms with Gasteiger partial charge in [0.1, 0.15) is 13.2 Å². The molecular formula is C54H99NO8. The summed E-state index contributed by atoms with van der Waals surface area (Å²) in [5, 5.41) is 11.7. The molecule has 0 aliphatic rings. The number of nitrogens with zero attached hydrogens (tertiary/aromatic N) is 1. The standard InChI is InChI=1S/C54H99NO8/c1-6-8-10-12-14-16-18-20-22-24-25-26-27-29-31-33-35-37-39-41-43-45-52(57)63-50(49-62-54(53(58)59)60-47-46-55(3,4)5)48-61-51(56)44-42-40-38-36-34-32-30-28-23-21-19-17-15-13-11-9-7-2/h18,20-21,23-25,50,54H,6-17,19,22,26-49H2,1-5H3/b20-18-,23-21-,25-24-. The van der Waals surface area contributed by atoms with E-state index in [9.17, 15) is 19.5 Å². The van der Waals surface area contributed by atoms with E-state index in [1.54, 1.807) is 0 Å². The average molecular weight is 890 g/mol. The smallest absolute Gasteiger partial charge is 0.306 e. The number of esters is 2. The molecule has 9 nitrogen and oxygen atoms in total. The zero-order valence-corrected chi connectivity index (χ0v) is 41.7. The first-order valence-electron chi connectivity index (χ1n) is 26.1. The molecule has 9 heteroatoms. The van der Waals surface area contributed by atoms with Crippen LogP contribution in [0.15, 0.2) is 36.5 Å². The van der Waals surface area contributed by atoms with E-state index in [-0.39, 0.29) is 38.6 Å². The van der Waals surface area contributed by atoms with Gasteiger partial charge >= 0.3 is 11.9 Å². The number of carbonyl (C=O) groups is 3. The number of carboxylic acid groups (broad SMARTS) is 1. The lowest BCUT2D eigenvalue weighted by Crippen LogP contribution is -2.44. The highest BCUT2D eigenvalue weighted by atomic mass is 16.7. The second-order valence-electron chi connectivity index (χ2n) is 18.8. The second kappa shape index (κ2) is 46.1. The molecule has 0 aliphatic carbocycles. The third-order valence-corrected chi connectivity index (χ3v) is 11.4. The third-order valence-electron chi connectivity index (χ3n) is 11.4. The number of aliphatic carboxylic acids is 1. The number of ether oxygens (including phenoxy) is 4. The zero-order valence-electron chi connectivity index (χ0n) is 41.7. The molecule has 368 valence electrons. The Morgan fingerprint density at radius 3 is 1.27 bits per heavy atom. The Hall–Kier alpha value is -2.49. The van der Waals surface area contributed by atoms with Gasteiger partial charge in [-0.3, -0.25) is 9.59 Å². The van der Waals surface area contributed by atoms with E-state index >= 15 is 0 Å². The van der Waals surface area contributed by atoms with Gasteiger partial charge in [0, 0.05) is 12.8 Å². The summed E-state index contributed by atoms with van der Waals surface area (Å²) < 4.78 is 22.6. The van der Waals surface area contributed by atoms with Gasteiger partial charge < -0.3 is 33.3 Å². The molecule has 0 heterocycles. The van der Waals surface area contributed by atoms with Gasteiger partial charge in [-0.05, 0) is 70.6 Å². The Balaban J connectivity index is 4.34. The fraction of sp³-hybridized carbons (Fsp3) is 0.833. The number of allylic oxidation sites excluding steroid dienone is 6. The summed E-state index contributed by atoms with van der Waals surface area (Å²) in [5.41, 5.74) is 0. The SMILES string of the molecule is CCCCCCC/C=C\C/C=C\CCCCCCCCCCCC(=O)OC(COC(=O)CCCCCCCCC/C=C\CCCCCCCC)COC(OCC[N+](C)(C)C)C(=O)[O-]. The normalized spacial score (nSPS) is 13.1. The molecule has 0 rings (SSSR count). The minimum absolute atomic E-state index is 0.146. The maximum atomic E-state index is 12.8. The van der Waals surface area contributed by atoms with Crippen LogP contribution in [-0.2, 0) is 33.3 Å². The lowest BCUT2D eigenvalue weighted by Gasteiger charge is -2.26. The van der Waals surface area contributed by atoms with Crippen LogP contribution in [0.2, 0.25) is 0 Å². The summed E-state index contributed by atoms with van der Waals surface area (Å²) in [6, 6.07) is 0. The summed E-state index contributed by atoms with van der Waals surface area (Å²) in [6.45, 7) is 4.74. The van der Waals surface area contributed by atoms with Crippen molar-refractivity contribution in [1.82, 2.24) is 0 Å². The van der Waals surface area contributed by atoms with Crippen LogP contribution in [0.5, 0.6) is 0 Å². The van der Waals surface area contributed by atoms with Crippen LogP contribution in [-0.4, -0.2) is 82.3 Å². The summed E-state index contributed by atoms with van der Waals surface area (Å²) in [7, 11) is 5.91. The van der Waals surface area contributed by atoms with E-state index in [4.69, 9.17) is 18.9 Å². The maximum absolute atomic E-state index is 12.8. The number of hydrogen-bond acceptors (Lipinski definition) is 8. The first-order chi connectivity index (χ1) is 30.6. The number of unbranched alkanes of at least 4 members (excludes halogenated alkanes) is 27. The van der Waals surface area contributed by atoms with E-state index in [0.29, 0.717) is 17.4 Å². The summed E-state index contributed by atoms with van der Waals surface area (Å²) in [6.07, 6.45) is 50.3. The van der Waals surface area contributed by atoms with E-state index < -0.39 is 24.3 Å². The topological polar surface area (TPSA) is 111 Å². The lowest BCUT2D eigenvalue weighted by atomic mass is 10.1. The van der Waals surface area contributed by atoms with E-state index in [0.717, 1.165) is 57.8 Å². The Kier molecular flexibility index (Phi) is 44.2. The second-order valence-corrected chi connectivity index (χ2v) is 18.8. The van der Waals surface area contributed by atoms with Crippen LogP contribution in [0.25, 0.3) is 0 Å². The lowest BCUT2D eigenvalue weighted by molar-refractivity contribution is -0.870. The monoisotopic (exact) mass is 890 g/mol. The van der Waals surface area contributed by atoms with Crippen molar-refractivity contribution in [2.24, 2.45) is 0 Å². The summed E-state index contributed by atoms with van der Waals surface area (Å²) >= 11 is 0. The van der Waals surface area contributed by atoms with Crippen molar-refractivity contribution in [2.75, 3.05) is 47.5 Å². The number of hydrogen-bond donors (Lipinski definition) is 0. The largest absolute Gasteiger partial charge is 0.545 e. The van der Waals surface area contributed by atoms with Crippen LogP contribution in [0.3, 0.4) is 0 Å². The highest BCUT2D eigenvalue weighted by Crippen LogP contribution is 2.15. The van der Waals surface area contributed by atoms with Gasteiger partial charge in [-0.1, -0.05) is 185 Å². The number of rotatable bonds is 48. The van der Waals surface area contributed by atoms with Crippen LogP contribution >= 0.6 is 0 Å². The van der Waals surface area contributed by atoms with Gasteiger partial charge in [0.2, 0.25) is 0 Å². The fourth-order valence-corrected chi connectivity index (χ4v) is 7.27. The summed E-state index contributed by atoms with van der Waals surface area (Å²) in [5.74, 6) is -2.29. The molecule has 0 radical (unpaired) electrons. The van der Waals surface area contributed by atoms with E-state index in [1.165, 1.54) is 141 Å². The molecule has 2 atom stereocenters. The van der Waals surface area contributed by atoms with Crippen molar-refractivity contribution in [3.63, 3.8) is 0 Å². The highest BCUT2D eigenvalue weighted by molar-refractivity contribution is 5.70. The van der Waals surface area contributed by atoms with Crippen molar-refractivity contribution in [3.05, 3.63) is 36.5 Å². The minimum atomic E-state index is -1.62. The quantitative estimate of drug-likeness (QED) is 0.0195. The Bertz CT molecular complexity index is 1130. The first-order valence-corrected chi connectivity index (χ1v) is 26.1. The van der Waals surface area contributed by atoms with Gasteiger partial charge in [-0.2, -0.15) is 0 Å². The molecule has 0 fully saturated rings. The molecule has 0 aromatic heterocycles. The van der Waals surface area contributed by atoms with Crippen molar-refractivity contribution in [3.8, 4) is 0 Å². The van der Waals surface area contributed by atoms with Crippen LogP contribution in [0.1, 0.15) is 232 Å². The van der Waals surface area contributed by atoms with Crippen LogP contribution < -0.4 is 5.11 Å². The molecule has 0 saturated carbocycles. The third kappa shape index (κ3) is 47.3. The number of carbonyl (C=O) groups excluding carboxylic acids is 3. The Morgan fingerprint density at radius 1 is 0.476 bits per heavy atom. The predicted octanol–water partition coefficient (Wildman–Crippen LogP) is 13.2. The molecule has 0 amide bonds. The zero-order chi connectivity index (χ0) is 46.3. The maximum Gasteiger partial charge on any atom is 0.306 e. The van der Waals surface area contributed by atoms with E-state index in [2.05, 4.69) is 50.3 Å². The van der Waals surface area contributed by atoms with Crippen molar-refractivity contribution in [2.45, 2.75) is 245 Å². The fourth-order valence-electron chi connectivity index (χ4n) is 7.27. The molecule has 0 aromatic carbocycles. The molecule has 0 bridgehead atoms. The van der Waals surface area contributed by atoms with Crippen LogP contribution in [0.4, 0.5) is 0 Å². The van der Waals surface area contributed by atoms with E-state index in [1.807, 2.05) is 21.1 Å². The molecular weight excluding hydrogens is 791 g/mol. The van der Waals surface area contributed by atoms with Gasteiger partial charge in [0.25, 0.3) is 0 Å². The number of likely N-dealkylation sites (N-methyl/N-ethyl adjacent to an activating group) is 1. The number of carboxylic acids is 1. The first kappa shape index (κ1) is 60.5. The summed E-state index contributed by atoms with van der Waals surface area (Å²) in [4.78, 5) is 37.2. The predicted molar refractivity (Wildman–Crippen MR) is 260 cm³/mol. The number of quaternary nitrogens is 1. The van der Waals surface area contributed by atoms with Crippen molar-refractivity contribution >= 4 is 17.9 Å². The molecule has 63 heavy (non-hydrogen) atoms. The minimum Gasteiger partial charge on any atom is -0.545 e. The Morgan fingerprint density at radius 2 is 0.857 bits per heavy atom. The molecule has 0 aromatic rings. The average Bonchev–Trinajstić information content (AvgIpc) is 3.24. The molecule has 0 aliphatic heterocycles. The molecule has 0 saturated heterocycles. The Labute approximate surface area is 388 Å². The van der Waals surface area contributed by atoms with Gasteiger partial charge in [-0.25, -0.2) is 0 Å². The molecule has 2 unspecified atom stereocenters. The highest BCUT2D eigenvalue weighted by Gasteiger charge is 2.22. The molecule has 0 N–H and O–H groups in total. The molecule has 0 spiro atoms. The van der Waals surface area contributed by atoms with Crippen LogP contribution in [0, 0.1) is 0 Å². The van der Waals surface area contributed by atoms with Gasteiger partial charge in [0.15, 0.2) is 12.4 Å². The van der Waals surface area contributed by atoms with Crippen molar-refractivity contribution in [1.29, 1.82) is 0 Å². The van der Waals surface area contributed by atoms with Gasteiger partial charge in [-0.15, -0.1) is 0 Å².